The third kappa shape index (κ3) is 9.73. The van der Waals surface area contributed by atoms with Crippen LogP contribution in [0.15, 0.2) is 86.0 Å². The highest BCUT2D eigenvalue weighted by atomic mass is 16.6. The van der Waals surface area contributed by atoms with Gasteiger partial charge in [-0.25, -0.2) is 14.8 Å². The molecule has 2 fully saturated rings. The second-order valence-electron chi connectivity index (χ2n) is 18.9. The summed E-state index contributed by atoms with van der Waals surface area (Å²) in [6, 6.07) is 16.9. The van der Waals surface area contributed by atoms with Gasteiger partial charge in [0.1, 0.15) is 11.5 Å². The lowest BCUT2D eigenvalue weighted by atomic mass is 9.91. The maximum atomic E-state index is 13.6. The predicted molar refractivity (Wildman–Crippen MR) is 269 cm³/mol. The molecule has 6 heterocycles. The molecule has 2 atom stereocenters. The molecule has 4 aliphatic heterocycles. The first-order chi connectivity index (χ1) is 33.8. The van der Waals surface area contributed by atoms with Crippen molar-refractivity contribution in [3.05, 3.63) is 151 Å². The number of aliphatic carboxylic acids is 1. The van der Waals surface area contributed by atoms with E-state index in [4.69, 9.17) is 9.47 Å². The van der Waals surface area contributed by atoms with Crippen molar-refractivity contribution >= 4 is 34.6 Å². The van der Waals surface area contributed by atoms with Crippen molar-refractivity contribution in [2.24, 2.45) is 0 Å². The highest BCUT2D eigenvalue weighted by Gasteiger charge is 2.48. The minimum absolute atomic E-state index is 0.0505. The van der Waals surface area contributed by atoms with E-state index < -0.39 is 22.1 Å². The second-order valence-corrected chi connectivity index (χ2v) is 18.9. The number of carbonyl (C=O) groups is 2. The summed E-state index contributed by atoms with van der Waals surface area (Å²) in [6.07, 6.45) is 11.5. The van der Waals surface area contributed by atoms with E-state index in [0.29, 0.717) is 64.4 Å². The number of imidazole rings is 2. The average Bonchev–Trinajstić information content (AvgIpc) is 4.22. The van der Waals surface area contributed by atoms with Crippen molar-refractivity contribution in [1.29, 1.82) is 0 Å². The number of nitrogens with zero attached hydrogens (tertiary/aromatic N) is 9. The van der Waals surface area contributed by atoms with Gasteiger partial charge in [0.2, 0.25) is 5.60 Å². The van der Waals surface area contributed by atoms with E-state index in [1.165, 1.54) is 12.6 Å². The lowest BCUT2D eigenvalue weighted by Crippen LogP contribution is -2.56. The molecule has 2 unspecified atom stereocenters. The van der Waals surface area contributed by atoms with Crippen LogP contribution in [0.3, 0.4) is 0 Å². The monoisotopic (exact) mass is 968 g/mol. The van der Waals surface area contributed by atoms with Crippen molar-refractivity contribution in [3.8, 4) is 22.9 Å². The number of hydrogen-bond acceptors (Lipinski definition) is 13. The minimum atomic E-state index is -1.35. The van der Waals surface area contributed by atoms with E-state index in [2.05, 4.69) is 73.6 Å². The highest BCUT2D eigenvalue weighted by Crippen LogP contribution is 2.47. The largest absolute Gasteiger partial charge is 0.478 e. The Morgan fingerprint density at radius 3 is 1.38 bits per heavy atom. The Balaban J connectivity index is 0.000000158. The van der Waals surface area contributed by atoms with E-state index in [1.54, 1.807) is 60.3 Å². The molecule has 6 aromatic rings. The highest BCUT2D eigenvalue weighted by molar-refractivity contribution is 5.88. The number of nitro benzene ring substituents is 2. The molecule has 0 aliphatic carbocycles. The zero-order valence-corrected chi connectivity index (χ0v) is 41.4. The van der Waals surface area contributed by atoms with Crippen LogP contribution in [-0.4, -0.2) is 114 Å². The van der Waals surface area contributed by atoms with E-state index in [9.17, 15) is 34.9 Å². The third-order valence-corrected chi connectivity index (χ3v) is 14.4. The smallest absolute Gasteiger partial charge is 0.348 e. The maximum absolute atomic E-state index is 13.6. The second kappa shape index (κ2) is 19.9. The van der Waals surface area contributed by atoms with Crippen molar-refractivity contribution in [2.75, 3.05) is 62.2 Å². The first-order valence-corrected chi connectivity index (χ1v) is 23.6. The fourth-order valence-corrected chi connectivity index (χ4v) is 9.94. The molecular formula is C52H60N10O9. The third-order valence-electron chi connectivity index (χ3n) is 14.4. The number of anilines is 2. The number of ether oxygens (including phenoxy) is 2. The number of benzene rings is 4. The van der Waals surface area contributed by atoms with Crippen LogP contribution >= 0.6 is 0 Å². The molecule has 4 aromatic carbocycles. The fourth-order valence-electron chi connectivity index (χ4n) is 9.94. The topological polar surface area (TPSA) is 216 Å². The zero-order chi connectivity index (χ0) is 50.9. The number of nitro groups is 2. The van der Waals surface area contributed by atoms with Gasteiger partial charge in [0, 0.05) is 157 Å². The molecule has 2 N–H and O–H groups in total. The first kappa shape index (κ1) is 49.6. The van der Waals surface area contributed by atoms with Gasteiger partial charge in [-0.1, -0.05) is 0 Å². The maximum Gasteiger partial charge on any atom is 0.348 e. The van der Waals surface area contributed by atoms with Gasteiger partial charge in [0.05, 0.1) is 22.5 Å². The van der Waals surface area contributed by atoms with Crippen LogP contribution in [0.4, 0.5) is 22.7 Å². The Morgan fingerprint density at radius 2 is 0.986 bits per heavy atom. The summed E-state index contributed by atoms with van der Waals surface area (Å²) >= 11 is 0. The standard InChI is InChI=1S/C26H29N5O4.C13H16N4.C13H15NO5/c1-17-18(2)24-22(19(3)23(17)31(33)34)15-26(4,35-24)25(32)29-13-11-28(12-14-29)20-5-7-21(8-6-20)30-10-9-27-16-30;1-3-13(17-10-7-15-11-17)4-2-12(1)16-8-5-14-6-9-16;1-6-7(2)11-9(8(3)10(6)14(17)18)5-13(4,19-11)12(15)16/h5-10,16H,11-15H2,1-4H3;1-4,7,10-11,14H,5-6,8-9H2;5H2,1-4H3,(H,15,16). The van der Waals surface area contributed by atoms with Crippen LogP contribution in [0.5, 0.6) is 11.5 Å². The summed E-state index contributed by atoms with van der Waals surface area (Å²) in [6.45, 7) is 20.6. The van der Waals surface area contributed by atoms with Crippen LogP contribution in [0.25, 0.3) is 11.4 Å². The molecule has 19 nitrogen and oxygen atoms in total. The fraction of sp³-hybridized carbons (Fsp3) is 0.385. The first-order valence-electron chi connectivity index (χ1n) is 23.6. The number of amides is 1. The normalized spacial score (nSPS) is 19.0. The van der Waals surface area contributed by atoms with Gasteiger partial charge < -0.3 is 43.7 Å². The van der Waals surface area contributed by atoms with Crippen molar-refractivity contribution < 1.29 is 34.0 Å². The summed E-state index contributed by atoms with van der Waals surface area (Å²) in [5.41, 5.74) is 7.35. The summed E-state index contributed by atoms with van der Waals surface area (Å²) in [5.74, 6) is -0.0331. The molecule has 0 radical (unpaired) electrons. The van der Waals surface area contributed by atoms with Gasteiger partial charge in [-0.15, -0.1) is 0 Å². The molecule has 4 aliphatic rings. The van der Waals surface area contributed by atoms with E-state index in [0.717, 1.165) is 67.5 Å². The molecule has 0 bridgehead atoms. The van der Waals surface area contributed by atoms with Gasteiger partial charge in [-0.3, -0.25) is 25.0 Å². The number of nitrogens with one attached hydrogen (secondary N) is 1. The van der Waals surface area contributed by atoms with Gasteiger partial charge in [0.25, 0.3) is 17.3 Å². The SMILES string of the molecule is Cc1c(C)c([N+](=O)[O-])c(C)c2c1OC(C)(C(=O)N1CCN(c3ccc(-n4ccnc4)cc3)CC1)C2.Cc1c(C)c([N+](=O)[O-])c(C)c2c1OC(C)(C(=O)O)C2.c1cn(-c2ccc(N3CCNCC3)cc2)cn1. The summed E-state index contributed by atoms with van der Waals surface area (Å²) in [7, 11) is 0. The van der Waals surface area contributed by atoms with Crippen molar-refractivity contribution in [1.82, 2.24) is 29.3 Å². The lowest BCUT2D eigenvalue weighted by molar-refractivity contribution is -0.386. The molecular weight excluding hydrogens is 909 g/mol. The molecule has 0 spiro atoms. The predicted octanol–water partition coefficient (Wildman–Crippen LogP) is 7.33. The molecule has 2 aromatic heterocycles. The molecule has 10 rings (SSSR count). The van der Waals surface area contributed by atoms with Gasteiger partial charge in [-0.05, 0) is 104 Å². The Kier molecular flexibility index (Phi) is 13.9. The number of piperazine rings is 2. The Bertz CT molecular complexity index is 2960. The number of rotatable bonds is 8. The molecule has 1 amide bonds. The molecule has 19 heteroatoms. The van der Waals surface area contributed by atoms with Gasteiger partial charge >= 0.3 is 5.97 Å². The van der Waals surface area contributed by atoms with Crippen molar-refractivity contribution in [3.63, 3.8) is 0 Å². The van der Waals surface area contributed by atoms with Crippen LogP contribution in [0, 0.1) is 61.8 Å². The number of carbonyl (C=O) groups excluding carboxylic acids is 1. The van der Waals surface area contributed by atoms with E-state index in [-0.39, 0.29) is 28.6 Å². The van der Waals surface area contributed by atoms with E-state index >= 15 is 0 Å². The summed E-state index contributed by atoms with van der Waals surface area (Å²) in [5, 5.41) is 35.4. The van der Waals surface area contributed by atoms with Crippen molar-refractivity contribution in [2.45, 2.75) is 79.4 Å². The Morgan fingerprint density at radius 1 is 0.592 bits per heavy atom. The Hall–Kier alpha value is -7.80. The van der Waals surface area contributed by atoms with Crippen LogP contribution in [0.2, 0.25) is 0 Å². The number of aromatic nitrogens is 4. The average molecular weight is 969 g/mol. The molecule has 0 saturated carbocycles. The van der Waals surface area contributed by atoms with Gasteiger partial charge in [0.15, 0.2) is 5.60 Å². The zero-order valence-electron chi connectivity index (χ0n) is 41.4. The van der Waals surface area contributed by atoms with E-state index in [1.807, 2.05) is 39.7 Å². The quantitative estimate of drug-likeness (QED) is 0.113. The number of fused-ring (bicyclic) bond motifs is 2. The molecule has 2 saturated heterocycles. The van der Waals surface area contributed by atoms with Crippen LogP contribution < -0.4 is 24.6 Å². The summed E-state index contributed by atoms with van der Waals surface area (Å²) < 4.78 is 15.8. The van der Waals surface area contributed by atoms with Gasteiger partial charge in [-0.2, -0.15) is 0 Å². The van der Waals surface area contributed by atoms with Crippen LogP contribution in [0.1, 0.15) is 58.4 Å². The summed E-state index contributed by atoms with van der Waals surface area (Å²) in [4.78, 5) is 61.5. The number of carboxylic acids is 1. The molecule has 372 valence electrons. The number of carboxylic acid groups (broad SMARTS) is 1. The van der Waals surface area contributed by atoms with Crippen LogP contribution in [-0.2, 0) is 22.4 Å². The molecule has 71 heavy (non-hydrogen) atoms. The lowest BCUT2D eigenvalue weighted by Gasteiger charge is -2.39. The minimum Gasteiger partial charge on any atom is -0.478 e. The number of hydrogen-bond donors (Lipinski definition) is 2. The Labute approximate surface area is 411 Å².